The summed E-state index contributed by atoms with van der Waals surface area (Å²) in [5.41, 5.74) is -1.02. The van der Waals surface area contributed by atoms with Crippen molar-refractivity contribution in [3.8, 4) is 0 Å². The quantitative estimate of drug-likeness (QED) is 0.890. The summed E-state index contributed by atoms with van der Waals surface area (Å²) < 4.78 is 26.2. The van der Waals surface area contributed by atoms with Gasteiger partial charge in [-0.25, -0.2) is 13.5 Å². The van der Waals surface area contributed by atoms with Crippen molar-refractivity contribution in [2.75, 3.05) is 0 Å². The highest BCUT2D eigenvalue weighted by molar-refractivity contribution is 5.74. The number of halogens is 2. The van der Waals surface area contributed by atoms with Crippen molar-refractivity contribution < 1.29 is 18.7 Å². The topological polar surface area (TPSA) is 80.9 Å². The van der Waals surface area contributed by atoms with Gasteiger partial charge in [0, 0.05) is 0 Å². The zero-order valence-electron chi connectivity index (χ0n) is 9.72. The lowest BCUT2D eigenvalue weighted by atomic mass is 9.74. The van der Waals surface area contributed by atoms with Gasteiger partial charge in [-0.2, -0.15) is 0 Å². The highest BCUT2D eigenvalue weighted by Crippen LogP contribution is 2.38. The second-order valence-electron chi connectivity index (χ2n) is 4.64. The first-order chi connectivity index (χ1) is 8.55. The SMILES string of the molecule is O=C(O)C1(Cn2nnnc2C(F)F)CCCCC1. The van der Waals surface area contributed by atoms with Gasteiger partial charge in [-0.3, -0.25) is 4.79 Å². The van der Waals surface area contributed by atoms with Crippen molar-refractivity contribution in [1.29, 1.82) is 0 Å². The third kappa shape index (κ3) is 2.32. The van der Waals surface area contributed by atoms with Crippen molar-refractivity contribution in [2.24, 2.45) is 5.41 Å². The molecule has 18 heavy (non-hydrogen) atoms. The van der Waals surface area contributed by atoms with Gasteiger partial charge in [0.15, 0.2) is 0 Å². The summed E-state index contributed by atoms with van der Waals surface area (Å²) in [5, 5.41) is 19.2. The fraction of sp³-hybridized carbons (Fsp3) is 0.800. The summed E-state index contributed by atoms with van der Waals surface area (Å²) in [6, 6.07) is 0. The molecule has 0 radical (unpaired) electrons. The first-order valence-electron chi connectivity index (χ1n) is 5.83. The highest BCUT2D eigenvalue weighted by Gasteiger charge is 2.41. The molecule has 1 fully saturated rings. The predicted octanol–water partition coefficient (Wildman–Crippen LogP) is 1.65. The lowest BCUT2D eigenvalue weighted by Gasteiger charge is -2.32. The Morgan fingerprint density at radius 1 is 1.39 bits per heavy atom. The number of tetrazole rings is 1. The molecule has 1 heterocycles. The van der Waals surface area contributed by atoms with Crippen LogP contribution in [-0.4, -0.2) is 31.3 Å². The molecule has 1 aliphatic rings. The number of carbonyl (C=O) groups is 1. The number of hydrogen-bond donors (Lipinski definition) is 1. The molecular formula is C10H14F2N4O2. The molecule has 2 rings (SSSR count). The molecule has 0 amide bonds. The van der Waals surface area contributed by atoms with Gasteiger partial charge in [0.25, 0.3) is 6.43 Å². The second kappa shape index (κ2) is 4.95. The fourth-order valence-electron chi connectivity index (χ4n) is 2.44. The van der Waals surface area contributed by atoms with Gasteiger partial charge >= 0.3 is 5.97 Å². The molecule has 1 aromatic heterocycles. The molecule has 0 bridgehead atoms. The van der Waals surface area contributed by atoms with Crippen LogP contribution in [0.5, 0.6) is 0 Å². The van der Waals surface area contributed by atoms with Crippen LogP contribution in [0.1, 0.15) is 44.4 Å². The number of nitrogens with zero attached hydrogens (tertiary/aromatic N) is 4. The number of rotatable bonds is 4. The lowest BCUT2D eigenvalue weighted by Crippen LogP contribution is -2.38. The maximum absolute atomic E-state index is 12.6. The molecule has 6 nitrogen and oxygen atoms in total. The van der Waals surface area contributed by atoms with E-state index in [1.54, 1.807) is 0 Å². The zero-order valence-corrected chi connectivity index (χ0v) is 9.72. The van der Waals surface area contributed by atoms with E-state index in [-0.39, 0.29) is 6.54 Å². The molecule has 1 aliphatic carbocycles. The first-order valence-corrected chi connectivity index (χ1v) is 5.83. The maximum Gasteiger partial charge on any atom is 0.311 e. The summed E-state index contributed by atoms with van der Waals surface area (Å²) >= 11 is 0. The molecule has 0 unspecified atom stereocenters. The van der Waals surface area contributed by atoms with Crippen LogP contribution < -0.4 is 0 Å². The molecule has 0 spiro atoms. The number of alkyl halides is 2. The minimum absolute atomic E-state index is 0.0883. The normalized spacial score (nSPS) is 19.1. The van der Waals surface area contributed by atoms with Crippen LogP contribution >= 0.6 is 0 Å². The fourth-order valence-corrected chi connectivity index (χ4v) is 2.44. The van der Waals surface area contributed by atoms with Gasteiger partial charge < -0.3 is 5.11 Å². The minimum atomic E-state index is -2.80. The average molecular weight is 260 g/mol. The van der Waals surface area contributed by atoms with Gasteiger partial charge in [0.2, 0.25) is 5.82 Å². The highest BCUT2D eigenvalue weighted by atomic mass is 19.3. The number of carboxylic acids is 1. The summed E-state index contributed by atoms with van der Waals surface area (Å²) in [4.78, 5) is 11.4. The second-order valence-corrected chi connectivity index (χ2v) is 4.64. The van der Waals surface area contributed by atoms with Crippen LogP contribution in [0.15, 0.2) is 0 Å². The van der Waals surface area contributed by atoms with E-state index >= 15 is 0 Å². The van der Waals surface area contributed by atoms with Gasteiger partial charge in [0.05, 0.1) is 12.0 Å². The largest absolute Gasteiger partial charge is 0.481 e. The van der Waals surface area contributed by atoms with Gasteiger partial charge in [-0.15, -0.1) is 5.10 Å². The Bertz CT molecular complexity index is 429. The number of carboxylic acid groups (broad SMARTS) is 1. The number of aromatic nitrogens is 4. The monoisotopic (exact) mass is 260 g/mol. The standard InChI is InChI=1S/C10H14F2N4O2/c11-7(12)8-13-14-15-16(8)6-10(9(17)18)4-2-1-3-5-10/h7H,1-6H2,(H,17,18). The molecular weight excluding hydrogens is 246 g/mol. The Hall–Kier alpha value is -1.60. The van der Waals surface area contributed by atoms with E-state index in [0.717, 1.165) is 23.9 Å². The third-order valence-corrected chi connectivity index (χ3v) is 3.47. The van der Waals surface area contributed by atoms with E-state index in [4.69, 9.17) is 0 Å². The number of hydrogen-bond acceptors (Lipinski definition) is 4. The van der Waals surface area contributed by atoms with Crippen LogP contribution in [0.25, 0.3) is 0 Å². The minimum Gasteiger partial charge on any atom is -0.481 e. The Morgan fingerprint density at radius 3 is 2.61 bits per heavy atom. The van der Waals surface area contributed by atoms with Crippen LogP contribution in [0.4, 0.5) is 8.78 Å². The Kier molecular flexibility index (Phi) is 3.53. The number of aliphatic carboxylic acids is 1. The molecule has 1 aromatic rings. The van der Waals surface area contributed by atoms with Gasteiger partial charge in [0.1, 0.15) is 0 Å². The summed E-state index contributed by atoms with van der Waals surface area (Å²) in [6.07, 6.45) is 0.716. The average Bonchev–Trinajstić information content (AvgIpc) is 2.78. The Balaban J connectivity index is 2.23. The Morgan fingerprint density at radius 2 is 2.06 bits per heavy atom. The van der Waals surface area contributed by atoms with Crippen molar-refractivity contribution in [1.82, 2.24) is 20.2 Å². The lowest BCUT2D eigenvalue weighted by molar-refractivity contribution is -0.152. The van der Waals surface area contributed by atoms with E-state index < -0.39 is 23.6 Å². The maximum atomic E-state index is 12.6. The summed E-state index contributed by atoms with van der Waals surface area (Å²) in [6.45, 7) is -0.0883. The molecule has 100 valence electrons. The predicted molar refractivity (Wildman–Crippen MR) is 55.9 cm³/mol. The van der Waals surface area contributed by atoms with Crippen molar-refractivity contribution >= 4 is 5.97 Å². The smallest absolute Gasteiger partial charge is 0.311 e. The molecule has 8 heteroatoms. The van der Waals surface area contributed by atoms with Crippen molar-refractivity contribution in [3.63, 3.8) is 0 Å². The molecule has 0 aromatic carbocycles. The van der Waals surface area contributed by atoms with Gasteiger partial charge in [-0.05, 0) is 23.3 Å². The first kappa shape index (κ1) is 12.8. The van der Waals surface area contributed by atoms with Crippen molar-refractivity contribution in [3.05, 3.63) is 5.82 Å². The van der Waals surface area contributed by atoms with Crippen LogP contribution in [-0.2, 0) is 11.3 Å². The molecule has 0 saturated heterocycles. The third-order valence-electron chi connectivity index (χ3n) is 3.47. The Labute approximate surface area is 102 Å². The molecule has 1 N–H and O–H groups in total. The van der Waals surface area contributed by atoms with E-state index in [0.29, 0.717) is 12.8 Å². The van der Waals surface area contributed by atoms with Crippen LogP contribution in [0.3, 0.4) is 0 Å². The van der Waals surface area contributed by atoms with E-state index in [1.807, 2.05) is 0 Å². The van der Waals surface area contributed by atoms with Crippen LogP contribution in [0.2, 0.25) is 0 Å². The zero-order chi connectivity index (χ0) is 13.2. The van der Waals surface area contributed by atoms with Crippen molar-refractivity contribution in [2.45, 2.75) is 45.1 Å². The van der Waals surface area contributed by atoms with E-state index in [1.165, 1.54) is 0 Å². The van der Waals surface area contributed by atoms with E-state index in [2.05, 4.69) is 15.5 Å². The summed E-state index contributed by atoms with van der Waals surface area (Å²) in [7, 11) is 0. The van der Waals surface area contributed by atoms with Gasteiger partial charge in [-0.1, -0.05) is 19.3 Å². The molecule has 0 aliphatic heterocycles. The van der Waals surface area contributed by atoms with Crippen LogP contribution in [0, 0.1) is 5.41 Å². The summed E-state index contributed by atoms with van der Waals surface area (Å²) in [5.74, 6) is -1.53. The van der Waals surface area contributed by atoms with E-state index in [9.17, 15) is 18.7 Å². The molecule has 0 atom stereocenters. The molecule has 1 saturated carbocycles.